The lowest BCUT2D eigenvalue weighted by atomic mass is 9.88. The van der Waals surface area contributed by atoms with Gasteiger partial charge in [0.25, 0.3) is 0 Å². The summed E-state index contributed by atoms with van der Waals surface area (Å²) in [6, 6.07) is 0.518. The number of imidazole rings is 1. The van der Waals surface area contributed by atoms with E-state index in [0.29, 0.717) is 6.04 Å². The minimum atomic E-state index is 0.285. The largest absolute Gasteiger partial charge is 0.329 e. The van der Waals surface area contributed by atoms with Crippen molar-refractivity contribution in [2.75, 3.05) is 12.3 Å². The van der Waals surface area contributed by atoms with Gasteiger partial charge in [0.15, 0.2) is 5.16 Å². The standard InChI is InChI=1S/C13H25N3S/c1-6-7-14-11(13(2,3)4)10-17-12-15-8-9-16(12)5/h8-9,11,14H,6-7,10H2,1-5H3. The van der Waals surface area contributed by atoms with Crippen molar-refractivity contribution in [3.05, 3.63) is 12.4 Å². The summed E-state index contributed by atoms with van der Waals surface area (Å²) in [5.41, 5.74) is 0.285. The number of thioether (sulfide) groups is 1. The van der Waals surface area contributed by atoms with Crippen LogP contribution in [0.4, 0.5) is 0 Å². The number of aromatic nitrogens is 2. The van der Waals surface area contributed by atoms with Gasteiger partial charge in [-0.3, -0.25) is 0 Å². The van der Waals surface area contributed by atoms with Gasteiger partial charge in [0.05, 0.1) is 0 Å². The molecule has 1 rings (SSSR count). The van der Waals surface area contributed by atoms with Crippen molar-refractivity contribution < 1.29 is 0 Å². The van der Waals surface area contributed by atoms with E-state index in [2.05, 4.69) is 42.6 Å². The van der Waals surface area contributed by atoms with Crippen LogP contribution in [-0.2, 0) is 7.05 Å². The molecule has 1 N–H and O–H groups in total. The highest BCUT2D eigenvalue weighted by molar-refractivity contribution is 7.99. The summed E-state index contributed by atoms with van der Waals surface area (Å²) in [4.78, 5) is 4.35. The van der Waals surface area contributed by atoms with E-state index in [-0.39, 0.29) is 5.41 Å². The minimum absolute atomic E-state index is 0.285. The Kier molecular flexibility index (Phi) is 5.53. The first-order valence-corrected chi connectivity index (χ1v) is 7.27. The molecule has 17 heavy (non-hydrogen) atoms. The maximum Gasteiger partial charge on any atom is 0.167 e. The zero-order valence-corrected chi connectivity index (χ0v) is 12.5. The lowest BCUT2D eigenvalue weighted by Crippen LogP contribution is -2.42. The Hall–Kier alpha value is -0.480. The summed E-state index contributed by atoms with van der Waals surface area (Å²) in [6.07, 6.45) is 5.03. The summed E-state index contributed by atoms with van der Waals surface area (Å²) in [6.45, 7) is 10.2. The number of hydrogen-bond acceptors (Lipinski definition) is 3. The Bertz CT molecular complexity index is 328. The molecule has 1 unspecified atom stereocenters. The highest BCUT2D eigenvalue weighted by Crippen LogP contribution is 2.25. The van der Waals surface area contributed by atoms with Crippen LogP contribution in [-0.4, -0.2) is 27.9 Å². The zero-order chi connectivity index (χ0) is 12.9. The van der Waals surface area contributed by atoms with Gasteiger partial charge in [-0.1, -0.05) is 39.5 Å². The molecule has 0 bridgehead atoms. The first-order valence-electron chi connectivity index (χ1n) is 6.28. The van der Waals surface area contributed by atoms with E-state index in [9.17, 15) is 0 Å². The Labute approximate surface area is 109 Å². The van der Waals surface area contributed by atoms with Crippen molar-refractivity contribution in [2.24, 2.45) is 12.5 Å². The molecule has 0 fully saturated rings. The van der Waals surface area contributed by atoms with Crippen molar-refractivity contribution in [1.29, 1.82) is 0 Å². The number of nitrogens with one attached hydrogen (secondary N) is 1. The second-order valence-electron chi connectivity index (χ2n) is 5.50. The van der Waals surface area contributed by atoms with Crippen LogP contribution in [0.15, 0.2) is 17.6 Å². The Morgan fingerprint density at radius 1 is 1.47 bits per heavy atom. The van der Waals surface area contributed by atoms with E-state index in [1.54, 1.807) is 0 Å². The van der Waals surface area contributed by atoms with Crippen LogP contribution < -0.4 is 5.32 Å². The van der Waals surface area contributed by atoms with Gasteiger partial charge in [0.2, 0.25) is 0 Å². The Morgan fingerprint density at radius 3 is 2.65 bits per heavy atom. The number of hydrogen-bond donors (Lipinski definition) is 1. The van der Waals surface area contributed by atoms with Gasteiger partial charge in [-0.15, -0.1) is 0 Å². The van der Waals surface area contributed by atoms with Crippen LogP contribution in [0.3, 0.4) is 0 Å². The van der Waals surface area contributed by atoms with E-state index in [1.165, 1.54) is 6.42 Å². The van der Waals surface area contributed by atoms with Crippen molar-refractivity contribution >= 4 is 11.8 Å². The minimum Gasteiger partial charge on any atom is -0.329 e. The fourth-order valence-corrected chi connectivity index (χ4v) is 2.92. The van der Waals surface area contributed by atoms with E-state index in [1.807, 2.05) is 31.2 Å². The van der Waals surface area contributed by atoms with Gasteiger partial charge in [0.1, 0.15) is 0 Å². The second kappa shape index (κ2) is 6.45. The summed E-state index contributed by atoms with van der Waals surface area (Å²) in [5.74, 6) is 1.06. The molecule has 0 radical (unpaired) electrons. The van der Waals surface area contributed by atoms with Crippen LogP contribution in [0, 0.1) is 5.41 Å². The monoisotopic (exact) mass is 255 g/mol. The molecule has 1 atom stereocenters. The van der Waals surface area contributed by atoms with Crippen LogP contribution >= 0.6 is 11.8 Å². The zero-order valence-electron chi connectivity index (χ0n) is 11.7. The SMILES string of the molecule is CCCNC(CSc1nccn1C)C(C)(C)C. The summed E-state index contributed by atoms with van der Waals surface area (Å²) < 4.78 is 2.07. The summed E-state index contributed by atoms with van der Waals surface area (Å²) in [5, 5.41) is 4.73. The Balaban J connectivity index is 2.52. The number of rotatable bonds is 6. The molecule has 0 aromatic carbocycles. The maximum absolute atomic E-state index is 4.35. The van der Waals surface area contributed by atoms with Gasteiger partial charge < -0.3 is 9.88 Å². The first kappa shape index (κ1) is 14.6. The third-order valence-corrected chi connectivity index (χ3v) is 3.99. The van der Waals surface area contributed by atoms with Gasteiger partial charge >= 0.3 is 0 Å². The predicted octanol–water partition coefficient (Wildman–Crippen LogP) is 2.93. The van der Waals surface area contributed by atoms with Gasteiger partial charge in [-0.2, -0.15) is 0 Å². The molecule has 4 heteroatoms. The molecule has 0 aliphatic rings. The maximum atomic E-state index is 4.35. The average molecular weight is 255 g/mol. The summed E-state index contributed by atoms with van der Waals surface area (Å²) in [7, 11) is 2.04. The number of nitrogens with zero attached hydrogens (tertiary/aromatic N) is 2. The molecule has 98 valence electrons. The van der Waals surface area contributed by atoms with Crippen molar-refractivity contribution in [3.8, 4) is 0 Å². The fourth-order valence-electron chi connectivity index (χ4n) is 1.58. The van der Waals surface area contributed by atoms with Gasteiger partial charge in [-0.05, 0) is 18.4 Å². The lowest BCUT2D eigenvalue weighted by Gasteiger charge is -2.31. The molecule has 0 saturated heterocycles. The van der Waals surface area contributed by atoms with Crippen molar-refractivity contribution in [3.63, 3.8) is 0 Å². The first-order chi connectivity index (χ1) is 7.95. The third-order valence-electron chi connectivity index (χ3n) is 2.84. The van der Waals surface area contributed by atoms with E-state index < -0.39 is 0 Å². The molecule has 0 spiro atoms. The normalized spacial score (nSPS) is 13.9. The third kappa shape index (κ3) is 4.72. The highest BCUT2D eigenvalue weighted by atomic mass is 32.2. The van der Waals surface area contributed by atoms with E-state index in [4.69, 9.17) is 0 Å². The smallest absolute Gasteiger partial charge is 0.167 e. The van der Waals surface area contributed by atoms with E-state index in [0.717, 1.165) is 17.5 Å². The fraction of sp³-hybridized carbons (Fsp3) is 0.769. The molecular formula is C13H25N3S. The quantitative estimate of drug-likeness (QED) is 0.793. The van der Waals surface area contributed by atoms with Gasteiger partial charge in [-0.25, -0.2) is 4.98 Å². The van der Waals surface area contributed by atoms with Gasteiger partial charge in [0, 0.05) is 31.2 Å². The molecule has 0 aliphatic heterocycles. The Morgan fingerprint density at radius 2 is 2.18 bits per heavy atom. The summed E-state index contributed by atoms with van der Waals surface area (Å²) >= 11 is 1.83. The van der Waals surface area contributed by atoms with Crippen LogP contribution in [0.1, 0.15) is 34.1 Å². The van der Waals surface area contributed by atoms with Crippen LogP contribution in [0.25, 0.3) is 0 Å². The predicted molar refractivity (Wildman–Crippen MR) is 75.5 cm³/mol. The van der Waals surface area contributed by atoms with Crippen LogP contribution in [0.5, 0.6) is 0 Å². The molecule has 0 aliphatic carbocycles. The molecule has 0 saturated carbocycles. The molecule has 1 aromatic heterocycles. The molecule has 0 amide bonds. The molecule has 1 aromatic rings. The lowest BCUT2D eigenvalue weighted by molar-refractivity contribution is 0.291. The molecule has 3 nitrogen and oxygen atoms in total. The second-order valence-corrected chi connectivity index (χ2v) is 6.49. The van der Waals surface area contributed by atoms with Crippen LogP contribution in [0.2, 0.25) is 0 Å². The highest BCUT2D eigenvalue weighted by Gasteiger charge is 2.24. The molecule has 1 heterocycles. The average Bonchev–Trinajstić information content (AvgIpc) is 2.62. The number of aryl methyl sites for hydroxylation is 1. The topological polar surface area (TPSA) is 29.9 Å². The van der Waals surface area contributed by atoms with Crippen molar-refractivity contribution in [2.45, 2.75) is 45.3 Å². The molecular weight excluding hydrogens is 230 g/mol. The van der Waals surface area contributed by atoms with E-state index >= 15 is 0 Å². The van der Waals surface area contributed by atoms with Crippen molar-refractivity contribution in [1.82, 2.24) is 14.9 Å².